The summed E-state index contributed by atoms with van der Waals surface area (Å²) < 4.78 is 4.18. The van der Waals surface area contributed by atoms with E-state index in [4.69, 9.17) is 0 Å². The van der Waals surface area contributed by atoms with Crippen molar-refractivity contribution < 1.29 is 0 Å². The average Bonchev–Trinajstić information content (AvgIpc) is 3.23. The van der Waals surface area contributed by atoms with Gasteiger partial charge >= 0.3 is 0 Å². The van der Waals surface area contributed by atoms with E-state index >= 15 is 0 Å². The first-order valence-corrected chi connectivity index (χ1v) is 11.1. The lowest BCUT2D eigenvalue weighted by Gasteiger charge is -2.07. The highest BCUT2D eigenvalue weighted by Gasteiger charge is 2.15. The van der Waals surface area contributed by atoms with Gasteiger partial charge in [0.05, 0.1) is 27.2 Å². The molecule has 0 saturated heterocycles. The second-order valence-corrected chi connectivity index (χ2v) is 9.39. The van der Waals surface area contributed by atoms with Gasteiger partial charge in [0.1, 0.15) is 11.9 Å². The molecule has 0 bridgehead atoms. The number of fused-ring (bicyclic) bond motifs is 1. The molecule has 28 heavy (non-hydrogen) atoms. The Morgan fingerprint density at radius 3 is 2.79 bits per heavy atom. The fourth-order valence-electron chi connectivity index (χ4n) is 2.71. The zero-order valence-electron chi connectivity index (χ0n) is 15.5. The number of benzene rings is 1. The van der Waals surface area contributed by atoms with Crippen molar-refractivity contribution in [3.05, 3.63) is 53.1 Å². The highest BCUT2D eigenvalue weighted by atomic mass is 32.2. The molecule has 0 aliphatic rings. The molecule has 4 rings (SSSR count). The van der Waals surface area contributed by atoms with Gasteiger partial charge in [-0.2, -0.15) is 5.26 Å². The maximum Gasteiger partial charge on any atom is 0.195 e. The van der Waals surface area contributed by atoms with Crippen LogP contribution in [0.4, 0.5) is 0 Å². The Bertz CT molecular complexity index is 1170. The molecule has 0 saturated carbocycles. The molecule has 0 aliphatic heterocycles. The van der Waals surface area contributed by atoms with Crippen LogP contribution in [0, 0.1) is 25.2 Å². The first-order chi connectivity index (χ1) is 13.5. The largest absolute Gasteiger partial charge is 0.308 e. The van der Waals surface area contributed by atoms with E-state index in [0.29, 0.717) is 11.3 Å². The van der Waals surface area contributed by atoms with Gasteiger partial charge in [0.25, 0.3) is 0 Å². The lowest BCUT2D eigenvalue weighted by molar-refractivity contribution is 0.761. The Kier molecular flexibility index (Phi) is 5.35. The maximum absolute atomic E-state index is 9.46. The maximum atomic E-state index is 9.46. The van der Waals surface area contributed by atoms with Crippen LogP contribution in [-0.2, 0) is 12.8 Å². The van der Waals surface area contributed by atoms with Crippen LogP contribution in [0.15, 0.2) is 44.7 Å². The summed E-state index contributed by atoms with van der Waals surface area (Å²) in [7, 11) is 1.95. The summed E-state index contributed by atoms with van der Waals surface area (Å²) in [5, 5.41) is 18.9. The number of hydrogen-bond acceptors (Lipinski definition) is 8. The van der Waals surface area contributed by atoms with E-state index in [1.165, 1.54) is 16.5 Å². The van der Waals surface area contributed by atoms with E-state index in [1.807, 2.05) is 49.7 Å². The third-order valence-electron chi connectivity index (χ3n) is 4.13. The van der Waals surface area contributed by atoms with E-state index < -0.39 is 0 Å². The van der Waals surface area contributed by atoms with Gasteiger partial charge in [0, 0.05) is 17.6 Å². The van der Waals surface area contributed by atoms with E-state index in [-0.39, 0.29) is 0 Å². The Balaban J connectivity index is 1.52. The van der Waals surface area contributed by atoms with Gasteiger partial charge in [-0.3, -0.25) is 4.98 Å². The molecule has 6 nitrogen and oxygen atoms in total. The van der Waals surface area contributed by atoms with Crippen molar-refractivity contribution in [1.29, 1.82) is 5.26 Å². The quantitative estimate of drug-likeness (QED) is 0.428. The van der Waals surface area contributed by atoms with Gasteiger partial charge in [-0.1, -0.05) is 23.9 Å². The lowest BCUT2D eigenvalue weighted by Crippen LogP contribution is -1.99. The van der Waals surface area contributed by atoms with E-state index in [0.717, 1.165) is 37.1 Å². The number of pyridine rings is 1. The summed E-state index contributed by atoms with van der Waals surface area (Å²) in [5.41, 5.74) is 3.23. The molecule has 1 aromatic carbocycles. The number of rotatable bonds is 5. The monoisotopic (exact) mass is 424 g/mol. The summed E-state index contributed by atoms with van der Waals surface area (Å²) in [5.74, 6) is 1.55. The number of para-hydroxylation sites is 1. The smallest absolute Gasteiger partial charge is 0.195 e. The molecule has 0 atom stereocenters. The Hall–Kier alpha value is -2.41. The van der Waals surface area contributed by atoms with Gasteiger partial charge in [-0.15, -0.1) is 21.5 Å². The van der Waals surface area contributed by atoms with Crippen LogP contribution < -0.4 is 0 Å². The molecular formula is C19H16N6S3. The highest BCUT2D eigenvalue weighted by Crippen LogP contribution is 2.33. The molecule has 3 heterocycles. The van der Waals surface area contributed by atoms with Gasteiger partial charge in [0.15, 0.2) is 9.50 Å². The standard InChI is InChI=1S/C19H16N6S3/c1-11-8-16(13(9-20)12(2)21-11)27-18-24-23-17(25(18)3)10-26-19-22-14-6-4-5-7-15(14)28-19/h4-8H,10H2,1-3H3. The minimum atomic E-state index is 0.587. The predicted molar refractivity (Wildman–Crippen MR) is 113 cm³/mol. The number of aromatic nitrogens is 5. The third-order valence-corrected chi connectivity index (χ3v) is 7.38. The molecule has 0 N–H and O–H groups in total. The van der Waals surface area contributed by atoms with Crippen molar-refractivity contribution in [1.82, 2.24) is 24.7 Å². The van der Waals surface area contributed by atoms with Crippen molar-refractivity contribution in [3.8, 4) is 6.07 Å². The molecular weight excluding hydrogens is 408 g/mol. The summed E-state index contributed by atoms with van der Waals surface area (Å²) in [6.45, 7) is 3.78. The van der Waals surface area contributed by atoms with Crippen LogP contribution in [0.2, 0.25) is 0 Å². The second kappa shape index (κ2) is 7.91. The Morgan fingerprint density at radius 1 is 1.18 bits per heavy atom. The van der Waals surface area contributed by atoms with Crippen molar-refractivity contribution in [2.45, 2.75) is 34.0 Å². The number of nitrogens with zero attached hydrogens (tertiary/aromatic N) is 6. The summed E-state index contributed by atoms with van der Waals surface area (Å²) >= 11 is 4.79. The highest BCUT2D eigenvalue weighted by molar-refractivity contribution is 8.00. The van der Waals surface area contributed by atoms with Crippen molar-refractivity contribution >= 4 is 45.1 Å². The van der Waals surface area contributed by atoms with Crippen LogP contribution >= 0.6 is 34.9 Å². The molecule has 0 aliphatic carbocycles. The first-order valence-electron chi connectivity index (χ1n) is 8.48. The van der Waals surface area contributed by atoms with E-state index in [2.05, 4.69) is 32.3 Å². The number of aryl methyl sites for hydroxylation is 2. The van der Waals surface area contributed by atoms with Crippen LogP contribution in [0.5, 0.6) is 0 Å². The number of hydrogen-bond donors (Lipinski definition) is 0. The fourth-order valence-corrected chi connectivity index (χ4v) is 5.80. The molecule has 0 spiro atoms. The SMILES string of the molecule is Cc1cc(Sc2nnc(CSc3nc4ccccc4s3)n2C)c(C#N)c(C)n1. The van der Waals surface area contributed by atoms with Gasteiger partial charge in [-0.25, -0.2) is 4.98 Å². The normalized spacial score (nSPS) is 11.1. The summed E-state index contributed by atoms with van der Waals surface area (Å²) in [4.78, 5) is 9.87. The number of thiazole rings is 1. The Morgan fingerprint density at radius 2 is 2.00 bits per heavy atom. The molecule has 0 radical (unpaired) electrons. The number of nitriles is 1. The van der Waals surface area contributed by atoms with Crippen LogP contribution in [-0.4, -0.2) is 24.7 Å². The second-order valence-electron chi connectivity index (χ2n) is 6.13. The molecule has 4 aromatic rings. The average molecular weight is 425 g/mol. The van der Waals surface area contributed by atoms with Crippen LogP contribution in [0.3, 0.4) is 0 Å². The minimum Gasteiger partial charge on any atom is -0.308 e. The van der Waals surface area contributed by atoms with Gasteiger partial charge in [-0.05, 0) is 43.8 Å². The fraction of sp³-hybridized carbons (Fsp3) is 0.211. The molecule has 140 valence electrons. The van der Waals surface area contributed by atoms with Gasteiger partial charge in [0.2, 0.25) is 0 Å². The molecule has 0 amide bonds. The topological polar surface area (TPSA) is 80.3 Å². The zero-order valence-corrected chi connectivity index (χ0v) is 18.0. The molecule has 3 aromatic heterocycles. The molecule has 0 unspecified atom stereocenters. The predicted octanol–water partition coefficient (Wildman–Crippen LogP) is 4.75. The van der Waals surface area contributed by atoms with Crippen molar-refractivity contribution in [3.63, 3.8) is 0 Å². The van der Waals surface area contributed by atoms with Crippen LogP contribution in [0.25, 0.3) is 10.2 Å². The van der Waals surface area contributed by atoms with Gasteiger partial charge < -0.3 is 4.57 Å². The number of thioether (sulfide) groups is 1. The summed E-state index contributed by atoms with van der Waals surface area (Å²) in [6.07, 6.45) is 0. The summed E-state index contributed by atoms with van der Waals surface area (Å²) in [6, 6.07) is 12.3. The van der Waals surface area contributed by atoms with E-state index in [9.17, 15) is 5.26 Å². The Labute approximate surface area is 175 Å². The van der Waals surface area contributed by atoms with Crippen LogP contribution in [0.1, 0.15) is 22.8 Å². The van der Waals surface area contributed by atoms with E-state index in [1.54, 1.807) is 23.1 Å². The molecule has 9 heteroatoms. The van der Waals surface area contributed by atoms with Crippen molar-refractivity contribution in [2.24, 2.45) is 7.05 Å². The first kappa shape index (κ1) is 18.9. The third kappa shape index (κ3) is 3.76. The minimum absolute atomic E-state index is 0.587. The molecule has 0 fully saturated rings. The zero-order chi connectivity index (χ0) is 19.7. The lowest BCUT2D eigenvalue weighted by atomic mass is 10.2. The van der Waals surface area contributed by atoms with Crippen molar-refractivity contribution in [2.75, 3.05) is 0 Å².